The second-order valence-corrected chi connectivity index (χ2v) is 8.28. The van der Waals surface area contributed by atoms with Crippen LogP contribution in [0.15, 0.2) is 70.8 Å². The molecule has 2 N–H and O–H groups in total. The highest BCUT2D eigenvalue weighted by atomic mass is 79.9. The summed E-state index contributed by atoms with van der Waals surface area (Å²) in [4.78, 5) is 38.5. The number of aryl methyl sites for hydroxylation is 1. The molecule has 33 heavy (non-hydrogen) atoms. The molecule has 2 heterocycles. The van der Waals surface area contributed by atoms with Gasteiger partial charge in [-0.2, -0.15) is 0 Å². The average molecular weight is 509 g/mol. The van der Waals surface area contributed by atoms with Crippen molar-refractivity contribution in [2.24, 2.45) is 0 Å². The zero-order valence-electron chi connectivity index (χ0n) is 18.0. The van der Waals surface area contributed by atoms with Crippen molar-refractivity contribution in [3.05, 3.63) is 82.2 Å². The first-order chi connectivity index (χ1) is 15.9. The summed E-state index contributed by atoms with van der Waals surface area (Å²) in [5.74, 6) is -0.302. The third kappa shape index (κ3) is 4.83. The van der Waals surface area contributed by atoms with Crippen molar-refractivity contribution in [1.29, 1.82) is 0 Å². The van der Waals surface area contributed by atoms with Gasteiger partial charge in [-0.3, -0.25) is 9.59 Å². The third-order valence-corrected chi connectivity index (χ3v) is 5.65. The van der Waals surface area contributed by atoms with E-state index in [-0.39, 0.29) is 5.70 Å². The van der Waals surface area contributed by atoms with Gasteiger partial charge in [-0.25, -0.2) is 9.69 Å². The first-order valence-corrected chi connectivity index (χ1v) is 10.9. The molecule has 8 nitrogen and oxygen atoms in total. The van der Waals surface area contributed by atoms with Crippen molar-refractivity contribution in [2.45, 2.75) is 6.92 Å². The number of hydrogen-bond acceptors (Lipinski definition) is 4. The molecule has 1 aliphatic heterocycles. The molecule has 9 heteroatoms. The van der Waals surface area contributed by atoms with Gasteiger partial charge in [0.2, 0.25) is 5.91 Å². The number of carbonyl (C=O) groups excluding carboxylic acids is 3. The molecule has 1 saturated heterocycles. The van der Waals surface area contributed by atoms with Gasteiger partial charge in [0.1, 0.15) is 18.0 Å². The maximum Gasteiger partial charge on any atom is 0.329 e. The van der Waals surface area contributed by atoms with E-state index >= 15 is 0 Å². The summed E-state index contributed by atoms with van der Waals surface area (Å²) < 4.78 is 8.04. The molecule has 0 radical (unpaired) electrons. The molecule has 168 valence electrons. The van der Waals surface area contributed by atoms with Crippen LogP contribution in [0.4, 0.5) is 10.5 Å². The number of rotatable bonds is 6. The molecule has 4 rings (SSSR count). The number of halogens is 1. The molecule has 0 atom stereocenters. The van der Waals surface area contributed by atoms with Crippen molar-refractivity contribution < 1.29 is 19.1 Å². The van der Waals surface area contributed by atoms with Gasteiger partial charge in [-0.15, -0.1) is 0 Å². The van der Waals surface area contributed by atoms with E-state index in [0.717, 1.165) is 26.5 Å². The number of carbonyl (C=O) groups is 3. The minimum absolute atomic E-state index is 0.101. The number of imide groups is 1. The lowest BCUT2D eigenvalue weighted by molar-refractivity contribution is -0.127. The van der Waals surface area contributed by atoms with Crippen LogP contribution in [0.2, 0.25) is 0 Å². The summed E-state index contributed by atoms with van der Waals surface area (Å²) in [7, 11) is 1.60. The van der Waals surface area contributed by atoms with Crippen molar-refractivity contribution in [2.75, 3.05) is 19.0 Å². The smallest absolute Gasteiger partial charge is 0.329 e. The summed E-state index contributed by atoms with van der Waals surface area (Å²) in [6.45, 7) is 1.55. The molecule has 1 aliphatic rings. The fourth-order valence-electron chi connectivity index (χ4n) is 3.50. The van der Waals surface area contributed by atoms with E-state index in [0.29, 0.717) is 11.4 Å². The van der Waals surface area contributed by atoms with Gasteiger partial charge in [0, 0.05) is 27.2 Å². The van der Waals surface area contributed by atoms with E-state index in [4.69, 9.17) is 4.74 Å². The van der Waals surface area contributed by atoms with Gasteiger partial charge < -0.3 is 19.9 Å². The zero-order chi connectivity index (χ0) is 23.5. The number of nitrogens with one attached hydrogen (secondary N) is 2. The Bertz CT molecular complexity index is 1250. The number of hydrogen-bond donors (Lipinski definition) is 2. The fraction of sp³-hybridized carbons (Fsp3) is 0.125. The van der Waals surface area contributed by atoms with Crippen LogP contribution in [0.25, 0.3) is 11.8 Å². The van der Waals surface area contributed by atoms with Gasteiger partial charge >= 0.3 is 6.03 Å². The fourth-order valence-corrected chi connectivity index (χ4v) is 3.76. The molecule has 0 saturated carbocycles. The quantitative estimate of drug-likeness (QED) is 0.387. The first kappa shape index (κ1) is 22.3. The van der Waals surface area contributed by atoms with Gasteiger partial charge in [0.15, 0.2) is 0 Å². The van der Waals surface area contributed by atoms with Crippen LogP contribution in [-0.4, -0.2) is 41.0 Å². The van der Waals surface area contributed by atoms with E-state index in [1.54, 1.807) is 37.5 Å². The van der Waals surface area contributed by atoms with Gasteiger partial charge in [-0.05, 0) is 73.7 Å². The molecular weight excluding hydrogens is 488 g/mol. The Morgan fingerprint density at radius 3 is 2.42 bits per heavy atom. The lowest BCUT2D eigenvalue weighted by Gasteiger charge is -2.12. The van der Waals surface area contributed by atoms with Gasteiger partial charge in [0.25, 0.3) is 5.91 Å². The number of aromatic nitrogens is 1. The average Bonchev–Trinajstić information content (AvgIpc) is 3.29. The normalized spacial score (nSPS) is 14.5. The van der Waals surface area contributed by atoms with Crippen LogP contribution in [0.5, 0.6) is 5.75 Å². The summed E-state index contributed by atoms with van der Waals surface area (Å²) in [5.41, 5.74) is 3.22. The Morgan fingerprint density at radius 2 is 1.76 bits per heavy atom. The molecule has 1 fully saturated rings. The molecular formula is C24H21BrN4O4. The standard InChI is InChI=1S/C24H21BrN4O4/c1-15-3-8-19(29(15)18-9-11-20(33-2)12-10-18)13-21-23(31)28(24(32)27-21)14-22(30)26-17-6-4-16(25)5-7-17/h3-13H,14H2,1-2H3,(H,26,30)(H,27,32)/b21-13-. The van der Waals surface area contributed by atoms with Crippen LogP contribution in [0.1, 0.15) is 11.4 Å². The van der Waals surface area contributed by atoms with E-state index in [1.165, 1.54) is 0 Å². The number of anilines is 1. The number of urea groups is 1. The minimum Gasteiger partial charge on any atom is -0.497 e. The maximum absolute atomic E-state index is 12.9. The highest BCUT2D eigenvalue weighted by Gasteiger charge is 2.35. The molecule has 0 bridgehead atoms. The van der Waals surface area contributed by atoms with Gasteiger partial charge in [0.05, 0.1) is 7.11 Å². The minimum atomic E-state index is -0.642. The summed E-state index contributed by atoms with van der Waals surface area (Å²) in [6.07, 6.45) is 1.60. The van der Waals surface area contributed by atoms with Crippen molar-refractivity contribution >= 4 is 45.5 Å². The van der Waals surface area contributed by atoms with Crippen LogP contribution < -0.4 is 15.4 Å². The monoisotopic (exact) mass is 508 g/mol. The van der Waals surface area contributed by atoms with Gasteiger partial charge in [-0.1, -0.05) is 15.9 Å². The van der Waals surface area contributed by atoms with E-state index in [1.807, 2.05) is 47.9 Å². The number of ether oxygens (including phenoxy) is 1. The summed E-state index contributed by atoms with van der Waals surface area (Å²) in [6, 6.07) is 17.6. The molecule has 4 amide bonds. The molecule has 2 aromatic carbocycles. The van der Waals surface area contributed by atoms with Crippen molar-refractivity contribution in [1.82, 2.24) is 14.8 Å². The van der Waals surface area contributed by atoms with Crippen LogP contribution in [0.3, 0.4) is 0 Å². The topological polar surface area (TPSA) is 92.7 Å². The summed E-state index contributed by atoms with van der Waals surface area (Å²) in [5, 5.41) is 5.24. The maximum atomic E-state index is 12.9. The number of methoxy groups -OCH3 is 1. The van der Waals surface area contributed by atoms with E-state index < -0.39 is 24.4 Å². The summed E-state index contributed by atoms with van der Waals surface area (Å²) >= 11 is 3.33. The Hall–Kier alpha value is -3.85. The van der Waals surface area contributed by atoms with Crippen LogP contribution in [-0.2, 0) is 9.59 Å². The predicted octanol–water partition coefficient (Wildman–Crippen LogP) is 4.09. The highest BCUT2D eigenvalue weighted by molar-refractivity contribution is 9.10. The lowest BCUT2D eigenvalue weighted by Crippen LogP contribution is -2.38. The van der Waals surface area contributed by atoms with Crippen LogP contribution >= 0.6 is 15.9 Å². The molecule has 0 unspecified atom stereocenters. The molecule has 3 aromatic rings. The van der Waals surface area contributed by atoms with Crippen molar-refractivity contribution in [3.63, 3.8) is 0 Å². The van der Waals surface area contributed by atoms with E-state index in [9.17, 15) is 14.4 Å². The molecule has 0 aliphatic carbocycles. The zero-order valence-corrected chi connectivity index (χ0v) is 19.5. The second kappa shape index (κ2) is 9.33. The Balaban J connectivity index is 1.52. The van der Waals surface area contributed by atoms with E-state index in [2.05, 4.69) is 26.6 Å². The van der Waals surface area contributed by atoms with Crippen LogP contribution in [0, 0.1) is 6.92 Å². The predicted molar refractivity (Wildman–Crippen MR) is 128 cm³/mol. The third-order valence-electron chi connectivity index (χ3n) is 5.12. The Kier molecular flexibility index (Phi) is 6.32. The highest BCUT2D eigenvalue weighted by Crippen LogP contribution is 2.23. The Morgan fingerprint density at radius 1 is 1.06 bits per heavy atom. The number of amides is 4. The number of benzene rings is 2. The Labute approximate surface area is 199 Å². The molecule has 0 spiro atoms. The second-order valence-electron chi connectivity index (χ2n) is 7.37. The first-order valence-electron chi connectivity index (χ1n) is 10.1. The molecule has 1 aromatic heterocycles. The SMILES string of the molecule is COc1ccc(-n2c(C)ccc2/C=C2\NC(=O)N(CC(=O)Nc3ccc(Br)cc3)C2=O)cc1. The van der Waals surface area contributed by atoms with Crippen molar-refractivity contribution in [3.8, 4) is 11.4 Å². The lowest BCUT2D eigenvalue weighted by atomic mass is 10.2. The number of nitrogens with zero attached hydrogens (tertiary/aromatic N) is 2. The largest absolute Gasteiger partial charge is 0.497 e.